The molecule has 3 rings (SSSR count). The standard InChI is InChI=1S/C19H15F2NO7/c1-10(23)12-6-15-16(28-9-27-15)7-13(12)22-17(24)8-26-18(25)11-4-2-3-5-14(11)29-19(20)21/h2-7,19H,8-9H2,1H3,(H,22,24). The van der Waals surface area contributed by atoms with Crippen molar-refractivity contribution in [3.05, 3.63) is 47.5 Å². The molecule has 0 aromatic heterocycles. The topological polar surface area (TPSA) is 100 Å². The highest BCUT2D eigenvalue weighted by Crippen LogP contribution is 2.37. The molecule has 1 aliphatic heterocycles. The van der Waals surface area contributed by atoms with Gasteiger partial charge in [0, 0.05) is 11.6 Å². The summed E-state index contributed by atoms with van der Waals surface area (Å²) in [6.45, 7) is -2.54. The number of halogens is 2. The molecule has 8 nitrogen and oxygen atoms in total. The van der Waals surface area contributed by atoms with Gasteiger partial charge in [0.15, 0.2) is 23.9 Å². The fourth-order valence-corrected chi connectivity index (χ4v) is 2.57. The van der Waals surface area contributed by atoms with Crippen LogP contribution in [0.3, 0.4) is 0 Å². The maximum absolute atomic E-state index is 12.4. The van der Waals surface area contributed by atoms with Gasteiger partial charge in [-0.05, 0) is 25.1 Å². The van der Waals surface area contributed by atoms with E-state index >= 15 is 0 Å². The van der Waals surface area contributed by atoms with Gasteiger partial charge in [-0.2, -0.15) is 8.78 Å². The molecule has 1 aliphatic rings. The predicted octanol–water partition coefficient (Wildman–Crippen LogP) is 3.01. The number of ketones is 1. The average Bonchev–Trinajstić information content (AvgIpc) is 3.12. The molecule has 0 bridgehead atoms. The van der Waals surface area contributed by atoms with E-state index in [9.17, 15) is 23.2 Å². The Morgan fingerprint density at radius 2 is 1.79 bits per heavy atom. The smallest absolute Gasteiger partial charge is 0.387 e. The van der Waals surface area contributed by atoms with Crippen LogP contribution in [0.25, 0.3) is 0 Å². The minimum atomic E-state index is -3.12. The third kappa shape index (κ3) is 4.78. The Bertz CT molecular complexity index is 962. The van der Waals surface area contributed by atoms with Gasteiger partial charge in [0.05, 0.1) is 5.69 Å². The van der Waals surface area contributed by atoms with Crippen LogP contribution in [0.15, 0.2) is 36.4 Å². The van der Waals surface area contributed by atoms with Crippen molar-refractivity contribution in [1.82, 2.24) is 0 Å². The highest BCUT2D eigenvalue weighted by atomic mass is 19.3. The van der Waals surface area contributed by atoms with Crippen LogP contribution in [-0.2, 0) is 9.53 Å². The SMILES string of the molecule is CC(=O)c1cc2c(cc1NC(=O)COC(=O)c1ccccc1OC(F)F)OCO2. The third-order valence-corrected chi connectivity index (χ3v) is 3.82. The van der Waals surface area contributed by atoms with Crippen molar-refractivity contribution >= 4 is 23.3 Å². The van der Waals surface area contributed by atoms with Crippen LogP contribution in [0.1, 0.15) is 27.6 Å². The van der Waals surface area contributed by atoms with Crippen molar-refractivity contribution < 1.29 is 42.1 Å². The van der Waals surface area contributed by atoms with Gasteiger partial charge in [-0.3, -0.25) is 9.59 Å². The predicted molar refractivity (Wildman–Crippen MR) is 94.6 cm³/mol. The van der Waals surface area contributed by atoms with E-state index in [1.807, 2.05) is 0 Å². The Hall–Kier alpha value is -3.69. The largest absolute Gasteiger partial charge is 0.454 e. The number of rotatable bonds is 7. The molecule has 0 saturated heterocycles. The lowest BCUT2D eigenvalue weighted by Crippen LogP contribution is -2.22. The molecule has 1 N–H and O–H groups in total. The summed E-state index contributed by atoms with van der Waals surface area (Å²) in [6.07, 6.45) is 0. The van der Waals surface area contributed by atoms with Gasteiger partial charge < -0.3 is 24.3 Å². The Labute approximate surface area is 163 Å². The van der Waals surface area contributed by atoms with E-state index in [2.05, 4.69) is 10.1 Å². The molecular formula is C19H15F2NO7. The van der Waals surface area contributed by atoms with Gasteiger partial charge in [-0.15, -0.1) is 0 Å². The number of alkyl halides is 2. The van der Waals surface area contributed by atoms with E-state index in [4.69, 9.17) is 14.2 Å². The zero-order valence-electron chi connectivity index (χ0n) is 15.1. The molecule has 2 aromatic carbocycles. The molecule has 1 amide bonds. The van der Waals surface area contributed by atoms with E-state index < -0.39 is 25.1 Å². The maximum Gasteiger partial charge on any atom is 0.387 e. The number of amides is 1. The Balaban J connectivity index is 1.67. The fourth-order valence-electron chi connectivity index (χ4n) is 2.57. The van der Waals surface area contributed by atoms with E-state index in [-0.39, 0.29) is 35.1 Å². The lowest BCUT2D eigenvalue weighted by Gasteiger charge is -2.12. The number of esters is 1. The summed E-state index contributed by atoms with van der Waals surface area (Å²) in [7, 11) is 0. The maximum atomic E-state index is 12.4. The molecule has 10 heteroatoms. The third-order valence-electron chi connectivity index (χ3n) is 3.82. The van der Waals surface area contributed by atoms with Crippen molar-refractivity contribution in [2.24, 2.45) is 0 Å². The van der Waals surface area contributed by atoms with Gasteiger partial charge in [0.1, 0.15) is 11.3 Å². The summed E-state index contributed by atoms with van der Waals surface area (Å²) in [4.78, 5) is 36.1. The number of para-hydroxylation sites is 1. The average molecular weight is 407 g/mol. The van der Waals surface area contributed by atoms with Crippen LogP contribution in [0.5, 0.6) is 17.2 Å². The van der Waals surface area contributed by atoms with Crippen LogP contribution >= 0.6 is 0 Å². The van der Waals surface area contributed by atoms with Crippen molar-refractivity contribution in [1.29, 1.82) is 0 Å². The van der Waals surface area contributed by atoms with E-state index in [0.717, 1.165) is 0 Å². The fraction of sp³-hybridized carbons (Fsp3) is 0.211. The quantitative estimate of drug-likeness (QED) is 0.556. The van der Waals surface area contributed by atoms with Crippen LogP contribution in [-0.4, -0.2) is 37.7 Å². The molecule has 2 aromatic rings. The highest BCUT2D eigenvalue weighted by Gasteiger charge is 2.22. The number of carbonyl (C=O) groups excluding carboxylic acids is 3. The Kier molecular flexibility index (Phi) is 5.91. The summed E-state index contributed by atoms with van der Waals surface area (Å²) < 4.78 is 44.4. The summed E-state index contributed by atoms with van der Waals surface area (Å²) in [5.74, 6) is -1.74. The van der Waals surface area contributed by atoms with E-state index in [1.54, 1.807) is 0 Å². The van der Waals surface area contributed by atoms with Crippen LogP contribution in [0.2, 0.25) is 0 Å². The lowest BCUT2D eigenvalue weighted by atomic mass is 10.1. The first-order valence-corrected chi connectivity index (χ1v) is 8.30. The van der Waals surface area contributed by atoms with Crippen molar-refractivity contribution in [2.75, 3.05) is 18.7 Å². The lowest BCUT2D eigenvalue weighted by molar-refractivity contribution is -0.119. The van der Waals surface area contributed by atoms with E-state index in [1.165, 1.54) is 43.3 Å². The molecule has 152 valence electrons. The van der Waals surface area contributed by atoms with Crippen LogP contribution in [0.4, 0.5) is 14.5 Å². The van der Waals surface area contributed by atoms with Gasteiger partial charge in [-0.25, -0.2) is 4.79 Å². The molecule has 0 saturated carbocycles. The number of benzene rings is 2. The van der Waals surface area contributed by atoms with Crippen LogP contribution < -0.4 is 19.5 Å². The summed E-state index contributed by atoms with van der Waals surface area (Å²) in [6, 6.07) is 8.10. The molecule has 0 aliphatic carbocycles. The summed E-state index contributed by atoms with van der Waals surface area (Å²) >= 11 is 0. The number of hydrogen-bond acceptors (Lipinski definition) is 7. The monoisotopic (exact) mass is 407 g/mol. The Morgan fingerprint density at radius 1 is 1.10 bits per heavy atom. The molecule has 29 heavy (non-hydrogen) atoms. The van der Waals surface area contributed by atoms with Gasteiger partial charge in [-0.1, -0.05) is 12.1 Å². The van der Waals surface area contributed by atoms with Crippen molar-refractivity contribution in [2.45, 2.75) is 13.5 Å². The zero-order valence-corrected chi connectivity index (χ0v) is 15.1. The zero-order chi connectivity index (χ0) is 21.0. The normalized spacial score (nSPS) is 11.9. The Morgan fingerprint density at radius 3 is 2.48 bits per heavy atom. The second kappa shape index (κ2) is 8.55. The molecular weight excluding hydrogens is 392 g/mol. The molecule has 0 atom stereocenters. The minimum Gasteiger partial charge on any atom is -0.454 e. The van der Waals surface area contributed by atoms with E-state index in [0.29, 0.717) is 11.5 Å². The highest BCUT2D eigenvalue weighted by molar-refractivity contribution is 6.05. The number of hydrogen-bond donors (Lipinski definition) is 1. The van der Waals surface area contributed by atoms with Crippen LogP contribution in [0, 0.1) is 0 Å². The number of nitrogens with one attached hydrogen (secondary N) is 1. The summed E-state index contributed by atoms with van der Waals surface area (Å²) in [5, 5.41) is 2.45. The first-order chi connectivity index (χ1) is 13.8. The van der Waals surface area contributed by atoms with Gasteiger partial charge in [0.25, 0.3) is 5.91 Å². The number of carbonyl (C=O) groups is 3. The first kappa shape index (κ1) is 20.1. The molecule has 0 fully saturated rings. The van der Waals surface area contributed by atoms with Gasteiger partial charge in [0.2, 0.25) is 6.79 Å². The molecule has 0 unspecified atom stereocenters. The molecule has 1 heterocycles. The number of Topliss-reactive ketones (excluding diaryl/α,β-unsaturated/α-hetero) is 1. The summed E-state index contributed by atoms with van der Waals surface area (Å²) in [5.41, 5.74) is 0.0851. The minimum absolute atomic E-state index is 0.0121. The molecule has 0 radical (unpaired) electrons. The second-order valence-electron chi connectivity index (χ2n) is 5.81. The van der Waals surface area contributed by atoms with Crippen molar-refractivity contribution in [3.63, 3.8) is 0 Å². The molecule has 0 spiro atoms. The first-order valence-electron chi connectivity index (χ1n) is 8.30. The number of anilines is 1. The van der Waals surface area contributed by atoms with Gasteiger partial charge >= 0.3 is 12.6 Å². The number of ether oxygens (including phenoxy) is 4. The second-order valence-corrected chi connectivity index (χ2v) is 5.81. The number of fused-ring (bicyclic) bond motifs is 1. The van der Waals surface area contributed by atoms with Crippen molar-refractivity contribution in [3.8, 4) is 17.2 Å².